The average molecular weight is 259 g/mol. The molecule has 1 saturated carbocycles. The molecular formula is C13H27N2OS+. The molecule has 2 fully saturated rings. The standard InChI is InChI=1S/C13H26N2OS/c1-12(2,3)17(16)15-11-5-4-6-13(11)7-9-14-10-8-13/h11,14H,4-10H2,1-3H3,(H,15,16)/p+1. The lowest BCUT2D eigenvalue weighted by Gasteiger charge is -2.38. The highest BCUT2D eigenvalue weighted by Gasteiger charge is 2.46. The molecule has 1 spiro atoms. The van der Waals surface area contributed by atoms with Crippen molar-refractivity contribution < 1.29 is 4.21 Å². The first-order valence-corrected chi connectivity index (χ1v) is 8.14. The predicted molar refractivity (Wildman–Crippen MR) is 74.5 cm³/mol. The van der Waals surface area contributed by atoms with Crippen molar-refractivity contribution in [1.82, 2.24) is 10.0 Å². The number of hydrogen-bond donors (Lipinski definition) is 2. The van der Waals surface area contributed by atoms with E-state index in [0.29, 0.717) is 11.5 Å². The summed E-state index contributed by atoms with van der Waals surface area (Å²) in [6.07, 6.45) is 6.32. The number of nitrogens with one attached hydrogen (secondary N) is 2. The fourth-order valence-electron chi connectivity index (χ4n) is 3.20. The summed E-state index contributed by atoms with van der Waals surface area (Å²) in [6, 6.07) is 0.479. The molecule has 2 N–H and O–H groups in total. The highest BCUT2D eigenvalue weighted by Crippen LogP contribution is 2.45. The third-order valence-electron chi connectivity index (χ3n) is 4.39. The van der Waals surface area contributed by atoms with Gasteiger partial charge < -0.3 is 5.32 Å². The molecule has 17 heavy (non-hydrogen) atoms. The van der Waals surface area contributed by atoms with Gasteiger partial charge in [0.1, 0.15) is 15.7 Å². The van der Waals surface area contributed by atoms with Crippen LogP contribution in [0.25, 0.3) is 0 Å². The highest BCUT2D eigenvalue weighted by molar-refractivity contribution is 7.84. The van der Waals surface area contributed by atoms with Gasteiger partial charge in [-0.3, -0.25) is 0 Å². The molecule has 1 heterocycles. The number of hydrogen-bond acceptors (Lipinski definition) is 2. The van der Waals surface area contributed by atoms with Crippen molar-refractivity contribution in [2.24, 2.45) is 5.41 Å². The molecule has 0 amide bonds. The van der Waals surface area contributed by atoms with Gasteiger partial charge in [0.05, 0.1) is 6.04 Å². The van der Waals surface area contributed by atoms with Crippen LogP contribution >= 0.6 is 0 Å². The Morgan fingerprint density at radius 3 is 2.47 bits per heavy atom. The maximum Gasteiger partial charge on any atom is 0.147 e. The van der Waals surface area contributed by atoms with E-state index in [1.54, 1.807) is 0 Å². The number of piperidine rings is 1. The smallest absolute Gasteiger partial charge is 0.147 e. The Bertz CT molecular complexity index is 292. The molecule has 3 nitrogen and oxygen atoms in total. The van der Waals surface area contributed by atoms with Gasteiger partial charge in [0, 0.05) is 0 Å². The molecular weight excluding hydrogens is 232 g/mol. The largest absolute Gasteiger partial charge is 0.317 e. The molecule has 1 saturated heterocycles. The Hall–Kier alpha value is 0.0700. The summed E-state index contributed by atoms with van der Waals surface area (Å²) in [7, 11) is -1.30. The van der Waals surface area contributed by atoms with E-state index in [1.165, 1.54) is 32.1 Å². The molecule has 1 aliphatic heterocycles. The van der Waals surface area contributed by atoms with Crippen molar-refractivity contribution in [2.75, 3.05) is 13.1 Å². The molecule has 100 valence electrons. The second-order valence-corrected chi connectivity index (χ2v) is 8.84. The monoisotopic (exact) mass is 259 g/mol. The zero-order valence-electron chi connectivity index (χ0n) is 11.4. The van der Waals surface area contributed by atoms with Crippen molar-refractivity contribution in [1.29, 1.82) is 0 Å². The van der Waals surface area contributed by atoms with Crippen molar-refractivity contribution >= 4 is 11.0 Å². The van der Waals surface area contributed by atoms with E-state index < -0.39 is 11.0 Å². The van der Waals surface area contributed by atoms with Crippen LogP contribution in [0.1, 0.15) is 52.9 Å². The topological polar surface area (TPSA) is 41.1 Å². The van der Waals surface area contributed by atoms with E-state index in [-0.39, 0.29) is 4.75 Å². The van der Waals surface area contributed by atoms with Gasteiger partial charge in [-0.15, -0.1) is 4.72 Å². The van der Waals surface area contributed by atoms with Crippen molar-refractivity contribution in [3.8, 4) is 0 Å². The molecule has 0 aromatic carbocycles. The van der Waals surface area contributed by atoms with E-state index in [2.05, 4.69) is 30.8 Å². The minimum Gasteiger partial charge on any atom is -0.317 e. The average Bonchev–Trinajstić information content (AvgIpc) is 2.61. The Morgan fingerprint density at radius 2 is 1.88 bits per heavy atom. The van der Waals surface area contributed by atoms with Crippen LogP contribution in [-0.2, 0) is 15.2 Å². The van der Waals surface area contributed by atoms with Gasteiger partial charge in [-0.05, 0) is 65.0 Å². The second kappa shape index (κ2) is 4.98. The normalized spacial score (nSPS) is 30.6. The van der Waals surface area contributed by atoms with Crippen LogP contribution in [0.15, 0.2) is 0 Å². The molecule has 2 rings (SSSR count). The summed E-state index contributed by atoms with van der Waals surface area (Å²) < 4.78 is 15.6. The van der Waals surface area contributed by atoms with Crippen LogP contribution in [0.3, 0.4) is 0 Å². The lowest BCUT2D eigenvalue weighted by atomic mass is 9.75. The SMILES string of the molecule is CC(C)(C)[SH+](=O)NC1CCCC12CCNCC2. The fraction of sp³-hybridized carbons (Fsp3) is 1.00. The van der Waals surface area contributed by atoms with Crippen LogP contribution in [0, 0.1) is 5.41 Å². The summed E-state index contributed by atoms with van der Waals surface area (Å²) in [5.74, 6) is 0. The van der Waals surface area contributed by atoms with Crippen LogP contribution in [0.4, 0.5) is 0 Å². The van der Waals surface area contributed by atoms with Gasteiger partial charge in [-0.25, -0.2) is 0 Å². The number of rotatable bonds is 2. The van der Waals surface area contributed by atoms with Gasteiger partial charge >= 0.3 is 0 Å². The number of thiol groups is 1. The fourth-order valence-corrected chi connectivity index (χ4v) is 4.27. The van der Waals surface area contributed by atoms with Gasteiger partial charge in [0.2, 0.25) is 0 Å². The summed E-state index contributed by atoms with van der Waals surface area (Å²) >= 11 is 0. The highest BCUT2D eigenvalue weighted by atomic mass is 32.2. The van der Waals surface area contributed by atoms with Crippen molar-refractivity contribution in [2.45, 2.75) is 63.7 Å². The van der Waals surface area contributed by atoms with Crippen LogP contribution in [-0.4, -0.2) is 23.9 Å². The molecule has 2 unspecified atom stereocenters. The summed E-state index contributed by atoms with van der Waals surface area (Å²) in [5, 5.41) is 3.44. The molecule has 4 heteroatoms. The molecule has 0 bridgehead atoms. The van der Waals surface area contributed by atoms with E-state index in [9.17, 15) is 4.21 Å². The van der Waals surface area contributed by atoms with Crippen LogP contribution in [0.2, 0.25) is 0 Å². The van der Waals surface area contributed by atoms with E-state index in [4.69, 9.17) is 0 Å². The van der Waals surface area contributed by atoms with Gasteiger partial charge in [0.25, 0.3) is 0 Å². The summed E-state index contributed by atoms with van der Waals surface area (Å²) in [4.78, 5) is 0. The first kappa shape index (κ1) is 13.5. The molecule has 0 radical (unpaired) electrons. The Balaban J connectivity index is 2.02. The van der Waals surface area contributed by atoms with E-state index in [0.717, 1.165) is 13.1 Å². The third-order valence-corrected chi connectivity index (χ3v) is 6.15. The Labute approximate surface area is 108 Å². The maximum atomic E-state index is 12.3. The van der Waals surface area contributed by atoms with Crippen molar-refractivity contribution in [3.05, 3.63) is 0 Å². The second-order valence-electron chi connectivity index (χ2n) is 6.65. The summed E-state index contributed by atoms with van der Waals surface area (Å²) in [5.41, 5.74) is 0.432. The lowest BCUT2D eigenvalue weighted by molar-refractivity contribution is 0.174. The third kappa shape index (κ3) is 2.91. The minimum absolute atomic E-state index is 0.119. The molecule has 2 atom stereocenters. The first-order valence-electron chi connectivity index (χ1n) is 6.88. The molecule has 1 aliphatic carbocycles. The predicted octanol–water partition coefficient (Wildman–Crippen LogP) is 1.91. The van der Waals surface area contributed by atoms with Gasteiger partial charge in [-0.2, -0.15) is 0 Å². The zero-order chi connectivity index (χ0) is 12.5. The van der Waals surface area contributed by atoms with E-state index in [1.807, 2.05) is 0 Å². The summed E-state index contributed by atoms with van der Waals surface area (Å²) in [6.45, 7) is 8.43. The maximum absolute atomic E-state index is 12.3. The zero-order valence-corrected chi connectivity index (χ0v) is 12.3. The quantitative estimate of drug-likeness (QED) is 0.587. The molecule has 0 aromatic heterocycles. The Kier molecular flexibility index (Phi) is 3.96. The van der Waals surface area contributed by atoms with Crippen LogP contribution in [0.5, 0.6) is 0 Å². The van der Waals surface area contributed by atoms with E-state index >= 15 is 0 Å². The molecule has 0 aromatic rings. The first-order chi connectivity index (χ1) is 7.94. The van der Waals surface area contributed by atoms with Gasteiger partial charge in [-0.1, -0.05) is 10.6 Å². The molecule has 2 aliphatic rings. The van der Waals surface area contributed by atoms with Crippen molar-refractivity contribution in [3.63, 3.8) is 0 Å². The van der Waals surface area contributed by atoms with Gasteiger partial charge in [0.15, 0.2) is 0 Å². The lowest BCUT2D eigenvalue weighted by Crippen LogP contribution is -2.50. The Morgan fingerprint density at radius 1 is 1.24 bits per heavy atom. The minimum atomic E-state index is -1.30. The van der Waals surface area contributed by atoms with Crippen LogP contribution < -0.4 is 10.0 Å².